The normalized spacial score (nSPS) is 9.80. The van der Waals surface area contributed by atoms with E-state index >= 15 is 0 Å². The number of carbonyl (C=O) groups excluding carboxylic acids is 3. The van der Waals surface area contributed by atoms with E-state index < -0.39 is 18.1 Å². The molecule has 0 aliphatic carbocycles. The zero-order valence-corrected chi connectivity index (χ0v) is 13.4. The van der Waals surface area contributed by atoms with Crippen LogP contribution in [0.3, 0.4) is 0 Å². The molecule has 0 aromatic heterocycles. The number of nitrogens with two attached hydrogens (primary N) is 1. The average Bonchev–Trinajstić information content (AvgIpc) is 2.57. The van der Waals surface area contributed by atoms with Crippen LogP contribution >= 0.6 is 0 Å². The number of hydrogen-bond acceptors (Lipinski definition) is 6. The Morgan fingerprint density at radius 1 is 1.00 bits per heavy atom. The van der Waals surface area contributed by atoms with Crippen LogP contribution in [0.25, 0.3) is 0 Å². The van der Waals surface area contributed by atoms with Crippen molar-refractivity contribution in [2.24, 2.45) is 0 Å². The minimum Gasteiger partial charge on any atom is -0.434 e. The van der Waals surface area contributed by atoms with E-state index in [0.717, 1.165) is 0 Å². The molecule has 2 aromatic carbocycles. The van der Waals surface area contributed by atoms with Gasteiger partial charge in [-0.05, 0) is 55.5 Å². The zero-order chi connectivity index (χ0) is 18.2. The molecule has 4 N–H and O–H groups in total. The lowest BCUT2D eigenvalue weighted by Gasteiger charge is -2.08. The van der Waals surface area contributed by atoms with Gasteiger partial charge < -0.3 is 20.5 Å². The van der Waals surface area contributed by atoms with Crippen LogP contribution < -0.4 is 21.1 Å². The van der Waals surface area contributed by atoms with Crippen LogP contribution in [0.1, 0.15) is 17.3 Å². The molecule has 2 aromatic rings. The SMILES string of the molecule is CCOC(=O)Oc1ccc(NC(=O)NC(=O)c2ccc(N)cc2)cc1. The third-order valence-electron chi connectivity index (χ3n) is 2.98. The van der Waals surface area contributed by atoms with Crippen molar-refractivity contribution in [1.82, 2.24) is 5.32 Å². The van der Waals surface area contributed by atoms with E-state index in [1.807, 2.05) is 0 Å². The van der Waals surface area contributed by atoms with Gasteiger partial charge in [-0.15, -0.1) is 0 Å². The number of anilines is 2. The van der Waals surface area contributed by atoms with E-state index in [2.05, 4.69) is 15.4 Å². The highest BCUT2D eigenvalue weighted by Gasteiger charge is 2.10. The summed E-state index contributed by atoms with van der Waals surface area (Å²) in [7, 11) is 0. The molecule has 130 valence electrons. The summed E-state index contributed by atoms with van der Waals surface area (Å²) in [6.07, 6.45) is -0.810. The summed E-state index contributed by atoms with van der Waals surface area (Å²) in [4.78, 5) is 34.9. The topological polar surface area (TPSA) is 120 Å². The second kappa shape index (κ2) is 8.34. The van der Waals surface area contributed by atoms with Gasteiger partial charge in [0.25, 0.3) is 5.91 Å². The Bertz CT molecular complexity index is 757. The number of benzene rings is 2. The van der Waals surface area contributed by atoms with Crippen molar-refractivity contribution >= 4 is 29.5 Å². The molecule has 25 heavy (non-hydrogen) atoms. The number of nitrogens with one attached hydrogen (secondary N) is 2. The maximum Gasteiger partial charge on any atom is 0.513 e. The van der Waals surface area contributed by atoms with Gasteiger partial charge in [0.15, 0.2) is 0 Å². The van der Waals surface area contributed by atoms with E-state index in [0.29, 0.717) is 16.9 Å². The molecule has 0 atom stereocenters. The highest BCUT2D eigenvalue weighted by Crippen LogP contribution is 2.16. The molecule has 2 rings (SSSR count). The fourth-order valence-corrected chi connectivity index (χ4v) is 1.82. The predicted molar refractivity (Wildman–Crippen MR) is 91.4 cm³/mol. The molecule has 0 spiro atoms. The first-order valence-electron chi connectivity index (χ1n) is 7.40. The Hall–Kier alpha value is -3.55. The van der Waals surface area contributed by atoms with Crippen molar-refractivity contribution in [3.05, 3.63) is 54.1 Å². The smallest absolute Gasteiger partial charge is 0.434 e. The van der Waals surface area contributed by atoms with Crippen LogP contribution in [-0.2, 0) is 4.74 Å². The summed E-state index contributed by atoms with van der Waals surface area (Å²) in [6, 6.07) is 11.5. The minimum absolute atomic E-state index is 0.209. The molecule has 8 heteroatoms. The quantitative estimate of drug-likeness (QED) is 0.446. The van der Waals surface area contributed by atoms with Crippen molar-refractivity contribution < 1.29 is 23.9 Å². The summed E-state index contributed by atoms with van der Waals surface area (Å²) in [5.41, 5.74) is 6.78. The van der Waals surface area contributed by atoms with E-state index in [1.54, 1.807) is 19.1 Å². The summed E-state index contributed by atoms with van der Waals surface area (Å²) >= 11 is 0. The third kappa shape index (κ3) is 5.54. The van der Waals surface area contributed by atoms with Gasteiger partial charge in [-0.1, -0.05) is 0 Å². The maximum absolute atomic E-state index is 11.9. The van der Waals surface area contributed by atoms with Gasteiger partial charge in [0, 0.05) is 16.9 Å². The van der Waals surface area contributed by atoms with Crippen molar-refractivity contribution in [2.45, 2.75) is 6.92 Å². The molecule has 0 saturated heterocycles. The summed E-state index contributed by atoms with van der Waals surface area (Å²) in [5.74, 6) is -0.290. The monoisotopic (exact) mass is 343 g/mol. The fraction of sp³-hybridized carbons (Fsp3) is 0.118. The molecule has 0 unspecified atom stereocenters. The summed E-state index contributed by atoms with van der Waals surface area (Å²) in [5, 5.41) is 4.68. The van der Waals surface area contributed by atoms with Crippen LogP contribution in [0, 0.1) is 0 Å². The van der Waals surface area contributed by atoms with Crippen LogP contribution in [0.2, 0.25) is 0 Å². The van der Waals surface area contributed by atoms with Gasteiger partial charge in [-0.2, -0.15) is 0 Å². The van der Waals surface area contributed by atoms with Crippen molar-refractivity contribution in [2.75, 3.05) is 17.7 Å². The summed E-state index contributed by atoms with van der Waals surface area (Å²) < 4.78 is 9.54. The highest BCUT2D eigenvalue weighted by molar-refractivity contribution is 6.08. The largest absolute Gasteiger partial charge is 0.513 e. The minimum atomic E-state index is -0.810. The van der Waals surface area contributed by atoms with E-state index in [4.69, 9.17) is 10.5 Å². The van der Waals surface area contributed by atoms with Gasteiger partial charge in [-0.3, -0.25) is 10.1 Å². The molecule has 0 aliphatic heterocycles. The number of hydrogen-bond donors (Lipinski definition) is 3. The second-order valence-electron chi connectivity index (χ2n) is 4.84. The molecule has 3 amide bonds. The van der Waals surface area contributed by atoms with E-state index in [-0.39, 0.29) is 12.4 Å². The number of amides is 3. The Labute approximate surface area is 143 Å². The zero-order valence-electron chi connectivity index (χ0n) is 13.4. The lowest BCUT2D eigenvalue weighted by atomic mass is 10.2. The lowest BCUT2D eigenvalue weighted by Crippen LogP contribution is -2.34. The molecule has 0 radical (unpaired) electrons. The molecule has 0 heterocycles. The Kier molecular flexibility index (Phi) is 5.94. The van der Waals surface area contributed by atoms with Crippen LogP contribution in [0.5, 0.6) is 5.75 Å². The van der Waals surface area contributed by atoms with E-state index in [9.17, 15) is 14.4 Å². The number of imide groups is 1. The van der Waals surface area contributed by atoms with Crippen molar-refractivity contribution in [1.29, 1.82) is 0 Å². The molecule has 0 saturated carbocycles. The van der Waals surface area contributed by atoms with Gasteiger partial charge >= 0.3 is 12.2 Å². The maximum atomic E-state index is 11.9. The lowest BCUT2D eigenvalue weighted by molar-refractivity contribution is 0.0965. The molecule has 0 aliphatic rings. The van der Waals surface area contributed by atoms with Gasteiger partial charge in [0.05, 0.1) is 6.61 Å². The first kappa shape index (κ1) is 17.8. The Balaban J connectivity index is 1.88. The average molecular weight is 343 g/mol. The fourth-order valence-electron chi connectivity index (χ4n) is 1.82. The molecular formula is C17H17N3O5. The molecule has 8 nitrogen and oxygen atoms in total. The summed E-state index contributed by atoms with van der Waals surface area (Å²) in [6.45, 7) is 1.87. The van der Waals surface area contributed by atoms with Crippen molar-refractivity contribution in [3.8, 4) is 5.75 Å². The number of urea groups is 1. The first-order valence-corrected chi connectivity index (χ1v) is 7.40. The van der Waals surface area contributed by atoms with Gasteiger partial charge in [-0.25, -0.2) is 9.59 Å². The first-order chi connectivity index (χ1) is 12.0. The second-order valence-corrected chi connectivity index (χ2v) is 4.84. The number of carbonyl (C=O) groups is 3. The third-order valence-corrected chi connectivity index (χ3v) is 2.98. The number of rotatable bonds is 4. The van der Waals surface area contributed by atoms with Gasteiger partial charge in [0.2, 0.25) is 0 Å². The van der Waals surface area contributed by atoms with Crippen LogP contribution in [-0.4, -0.2) is 24.7 Å². The van der Waals surface area contributed by atoms with Crippen LogP contribution in [0.4, 0.5) is 21.0 Å². The Morgan fingerprint density at radius 2 is 1.64 bits per heavy atom. The molecule has 0 bridgehead atoms. The number of ether oxygens (including phenoxy) is 2. The number of nitrogen functional groups attached to an aromatic ring is 1. The van der Waals surface area contributed by atoms with Crippen molar-refractivity contribution in [3.63, 3.8) is 0 Å². The van der Waals surface area contributed by atoms with E-state index in [1.165, 1.54) is 36.4 Å². The standard InChI is InChI=1S/C17H17N3O5/c1-2-24-17(23)25-14-9-7-13(8-10-14)19-16(22)20-15(21)11-3-5-12(18)6-4-11/h3-10H,2,18H2,1H3,(H2,19,20,21,22). The molecular weight excluding hydrogens is 326 g/mol. The molecule has 0 fully saturated rings. The Morgan fingerprint density at radius 3 is 2.24 bits per heavy atom. The predicted octanol–water partition coefficient (Wildman–Crippen LogP) is 2.77. The van der Waals surface area contributed by atoms with Crippen LogP contribution in [0.15, 0.2) is 48.5 Å². The van der Waals surface area contributed by atoms with Gasteiger partial charge in [0.1, 0.15) is 5.75 Å². The highest BCUT2D eigenvalue weighted by atomic mass is 16.7.